The van der Waals surface area contributed by atoms with E-state index >= 15 is 0 Å². The number of amides is 3. The molecule has 2 fully saturated rings. The lowest BCUT2D eigenvalue weighted by atomic mass is 10.0. The Morgan fingerprint density at radius 2 is 2.15 bits per heavy atom. The van der Waals surface area contributed by atoms with Crippen LogP contribution in [0.25, 0.3) is 0 Å². The van der Waals surface area contributed by atoms with Crippen LogP contribution in [0.5, 0.6) is 5.75 Å². The van der Waals surface area contributed by atoms with Gasteiger partial charge in [0.1, 0.15) is 6.61 Å². The maximum atomic E-state index is 13.5. The first kappa shape index (κ1) is 19.8. The Hall–Kier alpha value is -1.96. The fourth-order valence-electron chi connectivity index (χ4n) is 3.43. The van der Waals surface area contributed by atoms with E-state index in [4.69, 9.17) is 4.74 Å². The molecule has 27 heavy (non-hydrogen) atoms. The third-order valence-corrected chi connectivity index (χ3v) is 6.52. The van der Waals surface area contributed by atoms with Crippen molar-refractivity contribution in [2.75, 3.05) is 26.0 Å². The molecular weight excluding hydrogens is 369 g/mol. The van der Waals surface area contributed by atoms with E-state index in [0.29, 0.717) is 18.2 Å². The highest BCUT2D eigenvalue weighted by atomic mass is 32.2. The molecule has 0 spiro atoms. The van der Waals surface area contributed by atoms with Gasteiger partial charge in [-0.1, -0.05) is 18.6 Å². The molecule has 1 aromatic rings. The number of nitrogens with one attached hydrogen (secondary N) is 2. The highest BCUT2D eigenvalue weighted by Crippen LogP contribution is 2.33. The molecule has 0 saturated carbocycles. The number of benzene rings is 1. The monoisotopic (exact) mass is 395 g/mol. The summed E-state index contributed by atoms with van der Waals surface area (Å²) in [6.45, 7) is 0.685. The van der Waals surface area contributed by atoms with E-state index in [1.165, 1.54) is 6.07 Å². The van der Waals surface area contributed by atoms with Crippen LogP contribution in [0.2, 0.25) is 0 Å². The second kappa shape index (κ2) is 9.30. The minimum atomic E-state index is -0.396. The molecule has 0 bridgehead atoms. The number of carbonyl (C=O) groups is 2. The Labute approximate surface area is 163 Å². The van der Waals surface area contributed by atoms with E-state index in [1.54, 1.807) is 30.1 Å². The van der Waals surface area contributed by atoms with Crippen LogP contribution >= 0.6 is 11.8 Å². The number of hydrogen-bond acceptors (Lipinski definition) is 4. The molecule has 0 aliphatic carbocycles. The molecule has 3 rings (SSSR count). The fourth-order valence-corrected chi connectivity index (χ4v) is 4.98. The Morgan fingerprint density at radius 3 is 2.96 bits per heavy atom. The Kier molecular flexibility index (Phi) is 6.82. The van der Waals surface area contributed by atoms with Gasteiger partial charge in [0, 0.05) is 24.5 Å². The highest BCUT2D eigenvalue weighted by molar-refractivity contribution is 8.00. The van der Waals surface area contributed by atoms with Gasteiger partial charge in [0.2, 0.25) is 5.91 Å². The molecule has 2 aliphatic heterocycles. The predicted molar refractivity (Wildman–Crippen MR) is 103 cm³/mol. The number of fused-ring (bicyclic) bond motifs is 1. The van der Waals surface area contributed by atoms with E-state index in [-0.39, 0.29) is 36.4 Å². The average Bonchev–Trinajstić information content (AvgIpc) is 3.19. The molecule has 148 valence electrons. The van der Waals surface area contributed by atoms with E-state index in [0.717, 1.165) is 25.0 Å². The van der Waals surface area contributed by atoms with Crippen LogP contribution in [-0.4, -0.2) is 60.1 Å². The van der Waals surface area contributed by atoms with Gasteiger partial charge in [0.15, 0.2) is 11.6 Å². The zero-order valence-corrected chi connectivity index (χ0v) is 16.3. The molecule has 0 radical (unpaired) electrons. The summed E-state index contributed by atoms with van der Waals surface area (Å²) < 4.78 is 18.9. The lowest BCUT2D eigenvalue weighted by Gasteiger charge is -2.19. The van der Waals surface area contributed by atoms with E-state index in [2.05, 4.69) is 10.6 Å². The van der Waals surface area contributed by atoms with Crippen LogP contribution < -0.4 is 15.4 Å². The van der Waals surface area contributed by atoms with Crippen molar-refractivity contribution >= 4 is 23.7 Å². The van der Waals surface area contributed by atoms with E-state index < -0.39 is 5.82 Å². The molecule has 0 aromatic heterocycles. The van der Waals surface area contributed by atoms with Crippen molar-refractivity contribution in [3.63, 3.8) is 0 Å². The van der Waals surface area contributed by atoms with E-state index in [9.17, 15) is 14.0 Å². The molecule has 6 nitrogen and oxygen atoms in total. The molecule has 3 atom stereocenters. The third kappa shape index (κ3) is 5.28. The van der Waals surface area contributed by atoms with Gasteiger partial charge >= 0.3 is 6.03 Å². The average molecular weight is 396 g/mol. The molecule has 2 saturated heterocycles. The lowest BCUT2D eigenvalue weighted by molar-refractivity contribution is -0.130. The second-order valence-electron chi connectivity index (χ2n) is 6.96. The van der Waals surface area contributed by atoms with Crippen molar-refractivity contribution in [1.29, 1.82) is 0 Å². The van der Waals surface area contributed by atoms with Crippen molar-refractivity contribution in [3.05, 3.63) is 30.1 Å². The Bertz CT molecular complexity index is 675. The number of para-hydroxylation sites is 1. The van der Waals surface area contributed by atoms with Gasteiger partial charge in [-0.15, -0.1) is 0 Å². The lowest BCUT2D eigenvalue weighted by Crippen LogP contribution is -2.36. The molecule has 3 amide bonds. The van der Waals surface area contributed by atoms with E-state index in [1.807, 2.05) is 11.8 Å². The smallest absolute Gasteiger partial charge is 0.315 e. The van der Waals surface area contributed by atoms with Gasteiger partial charge in [-0.25, -0.2) is 9.18 Å². The summed E-state index contributed by atoms with van der Waals surface area (Å²) in [5.74, 6) is 0.837. The summed E-state index contributed by atoms with van der Waals surface area (Å²) in [6.07, 6.45) is 3.28. The number of thioether (sulfide) groups is 1. The number of likely N-dealkylation sites (N-methyl/N-ethyl adjacent to an activating group) is 1. The first-order valence-corrected chi connectivity index (χ1v) is 10.4. The van der Waals surface area contributed by atoms with Crippen LogP contribution in [0.15, 0.2) is 24.3 Å². The highest BCUT2D eigenvalue weighted by Gasteiger charge is 2.42. The molecule has 2 aliphatic rings. The standard InChI is InChI=1S/C19H26FN3O3S/c1-23(10-11-26-15-7-3-2-6-13(15)20)17(24)9-5-4-8-16-18-14(12-27-16)21-19(25)22-18/h2-3,6-7,14,16,18H,4-5,8-12H2,1H3,(H2,21,22,25). The maximum Gasteiger partial charge on any atom is 0.315 e. The number of ether oxygens (including phenoxy) is 1. The second-order valence-corrected chi connectivity index (χ2v) is 8.23. The number of nitrogens with zero attached hydrogens (tertiary/aromatic N) is 1. The number of carbonyl (C=O) groups excluding carboxylic acids is 2. The van der Waals surface area contributed by atoms with Crippen LogP contribution in [0, 0.1) is 5.82 Å². The third-order valence-electron chi connectivity index (χ3n) is 5.01. The van der Waals surface area contributed by atoms with Crippen molar-refractivity contribution in [3.8, 4) is 5.75 Å². The molecule has 2 heterocycles. The molecule has 1 aromatic carbocycles. The summed E-state index contributed by atoms with van der Waals surface area (Å²) >= 11 is 1.89. The van der Waals surface area contributed by atoms with Crippen molar-refractivity contribution in [1.82, 2.24) is 15.5 Å². The Morgan fingerprint density at radius 1 is 1.33 bits per heavy atom. The van der Waals surface area contributed by atoms with Crippen LogP contribution in [0.4, 0.5) is 9.18 Å². The van der Waals surface area contributed by atoms with Gasteiger partial charge in [0.05, 0.1) is 18.6 Å². The van der Waals surface area contributed by atoms with Gasteiger partial charge in [-0.2, -0.15) is 11.8 Å². The number of hydrogen-bond donors (Lipinski definition) is 2. The topological polar surface area (TPSA) is 70.7 Å². The minimum absolute atomic E-state index is 0.0651. The molecule has 3 unspecified atom stereocenters. The zero-order chi connectivity index (χ0) is 19.2. The van der Waals surface area contributed by atoms with Gasteiger partial charge in [0.25, 0.3) is 0 Å². The summed E-state index contributed by atoms with van der Waals surface area (Å²) in [4.78, 5) is 25.2. The molecular formula is C19H26FN3O3S. The first-order valence-electron chi connectivity index (χ1n) is 9.34. The zero-order valence-electron chi connectivity index (χ0n) is 15.4. The van der Waals surface area contributed by atoms with Crippen molar-refractivity contribution in [2.24, 2.45) is 0 Å². The normalized spacial score (nSPS) is 23.5. The van der Waals surface area contributed by atoms with Crippen molar-refractivity contribution in [2.45, 2.75) is 43.0 Å². The van der Waals surface area contributed by atoms with Crippen molar-refractivity contribution < 1.29 is 18.7 Å². The number of unbranched alkanes of at least 4 members (excludes halogenated alkanes) is 1. The maximum absolute atomic E-state index is 13.5. The fraction of sp³-hybridized carbons (Fsp3) is 0.579. The van der Waals surface area contributed by atoms with Gasteiger partial charge < -0.3 is 20.3 Å². The summed E-state index contributed by atoms with van der Waals surface area (Å²) in [5.41, 5.74) is 0. The van der Waals surface area contributed by atoms with Crippen LogP contribution in [-0.2, 0) is 4.79 Å². The Balaban J connectivity index is 1.29. The van der Waals surface area contributed by atoms with Crippen LogP contribution in [0.3, 0.4) is 0 Å². The minimum Gasteiger partial charge on any atom is -0.489 e. The number of halogens is 1. The summed E-state index contributed by atoms with van der Waals surface area (Å²) in [5, 5.41) is 6.35. The van der Waals surface area contributed by atoms with Crippen LogP contribution in [0.1, 0.15) is 25.7 Å². The molecule has 2 N–H and O–H groups in total. The SMILES string of the molecule is CN(CCOc1ccccc1F)C(=O)CCCCC1SCC2NC(=O)NC21. The largest absolute Gasteiger partial charge is 0.489 e. The van der Waals surface area contributed by atoms with Gasteiger partial charge in [-0.05, 0) is 25.0 Å². The first-order chi connectivity index (χ1) is 13.0. The summed E-state index contributed by atoms with van der Waals surface area (Å²) in [7, 11) is 1.74. The summed E-state index contributed by atoms with van der Waals surface area (Å²) in [6, 6.07) is 6.65. The number of urea groups is 1. The predicted octanol–water partition coefficient (Wildman–Crippen LogP) is 2.39. The quantitative estimate of drug-likeness (QED) is 0.498. The molecule has 8 heteroatoms. The number of rotatable bonds is 9. The van der Waals surface area contributed by atoms with Gasteiger partial charge in [-0.3, -0.25) is 4.79 Å².